The summed E-state index contributed by atoms with van der Waals surface area (Å²) >= 11 is 2.21. The number of rotatable bonds is 2. The third kappa shape index (κ3) is 3.36. The molecular formula is C20H23IN4O. The average Bonchev–Trinajstić information content (AvgIpc) is 2.96. The summed E-state index contributed by atoms with van der Waals surface area (Å²) < 4.78 is 2.82. The number of aryl methyl sites for hydroxylation is 2. The molecule has 1 aliphatic carbocycles. The lowest BCUT2D eigenvalue weighted by Crippen LogP contribution is -2.29. The van der Waals surface area contributed by atoms with E-state index in [9.17, 15) is 5.11 Å². The second-order valence-corrected chi connectivity index (χ2v) is 8.80. The van der Waals surface area contributed by atoms with Crippen molar-refractivity contribution < 1.29 is 5.11 Å². The molecule has 0 bridgehead atoms. The minimum atomic E-state index is -0.508. The summed E-state index contributed by atoms with van der Waals surface area (Å²) in [5.74, 6) is 2.05. The molecule has 3 aromatic rings. The lowest BCUT2D eigenvalue weighted by atomic mass is 9.76. The van der Waals surface area contributed by atoms with Crippen molar-refractivity contribution in [2.75, 3.05) is 0 Å². The fourth-order valence-corrected chi connectivity index (χ4v) is 4.63. The van der Waals surface area contributed by atoms with E-state index in [1.807, 2.05) is 30.8 Å². The maximum absolute atomic E-state index is 10.3. The zero-order valence-electron chi connectivity index (χ0n) is 15.3. The Balaban J connectivity index is 1.78. The highest BCUT2D eigenvalue weighted by Crippen LogP contribution is 2.40. The van der Waals surface area contributed by atoms with Crippen molar-refractivity contribution in [1.82, 2.24) is 19.7 Å². The monoisotopic (exact) mass is 462 g/mol. The molecule has 0 aliphatic heterocycles. The molecule has 5 nitrogen and oxygen atoms in total. The van der Waals surface area contributed by atoms with Crippen molar-refractivity contribution in [2.45, 2.75) is 58.0 Å². The Morgan fingerprint density at radius 2 is 1.88 bits per heavy atom. The molecule has 0 unspecified atom stereocenters. The van der Waals surface area contributed by atoms with Crippen molar-refractivity contribution in [1.29, 1.82) is 0 Å². The fourth-order valence-electron chi connectivity index (χ4n) is 4.00. The third-order valence-electron chi connectivity index (χ3n) is 5.47. The molecule has 0 spiro atoms. The van der Waals surface area contributed by atoms with Gasteiger partial charge in [-0.15, -0.1) is 0 Å². The van der Waals surface area contributed by atoms with Crippen LogP contribution >= 0.6 is 22.6 Å². The van der Waals surface area contributed by atoms with Gasteiger partial charge in [-0.3, -0.25) is 0 Å². The summed E-state index contributed by atoms with van der Waals surface area (Å²) in [5, 5.41) is 16.0. The van der Waals surface area contributed by atoms with Crippen molar-refractivity contribution >= 4 is 33.5 Å². The highest BCUT2D eigenvalue weighted by molar-refractivity contribution is 14.1. The number of aromatic nitrogens is 4. The smallest absolute Gasteiger partial charge is 0.158 e. The Kier molecular flexibility index (Phi) is 4.51. The van der Waals surface area contributed by atoms with Gasteiger partial charge in [0, 0.05) is 11.5 Å². The summed E-state index contributed by atoms with van der Waals surface area (Å²) in [6.07, 6.45) is 5.67. The van der Waals surface area contributed by atoms with Crippen LogP contribution in [0.5, 0.6) is 0 Å². The molecule has 0 amide bonds. The van der Waals surface area contributed by atoms with Gasteiger partial charge in [0.15, 0.2) is 5.82 Å². The van der Waals surface area contributed by atoms with Crippen LogP contribution in [0.25, 0.3) is 16.7 Å². The summed E-state index contributed by atoms with van der Waals surface area (Å²) in [6.45, 7) is 6.03. The van der Waals surface area contributed by atoms with Crippen molar-refractivity contribution in [2.24, 2.45) is 0 Å². The van der Waals surface area contributed by atoms with Crippen molar-refractivity contribution in [3.05, 3.63) is 45.0 Å². The zero-order chi connectivity index (χ0) is 18.5. The third-order valence-corrected chi connectivity index (χ3v) is 6.02. The van der Waals surface area contributed by atoms with E-state index in [2.05, 4.69) is 56.7 Å². The first-order chi connectivity index (χ1) is 12.3. The molecule has 1 fully saturated rings. The van der Waals surface area contributed by atoms with Gasteiger partial charge in [0.2, 0.25) is 0 Å². The Labute approximate surface area is 167 Å². The molecule has 2 aromatic heterocycles. The second-order valence-electron chi connectivity index (χ2n) is 7.69. The number of benzene rings is 1. The topological polar surface area (TPSA) is 63.8 Å². The summed E-state index contributed by atoms with van der Waals surface area (Å²) in [4.78, 5) is 8.92. The summed E-state index contributed by atoms with van der Waals surface area (Å²) in [5.41, 5.74) is 3.25. The molecular weight excluding hydrogens is 439 g/mol. The van der Waals surface area contributed by atoms with Gasteiger partial charge < -0.3 is 5.11 Å². The van der Waals surface area contributed by atoms with E-state index in [-0.39, 0.29) is 0 Å². The maximum Gasteiger partial charge on any atom is 0.158 e. The number of halogens is 1. The highest BCUT2D eigenvalue weighted by Gasteiger charge is 2.30. The Morgan fingerprint density at radius 3 is 2.58 bits per heavy atom. The van der Waals surface area contributed by atoms with E-state index < -0.39 is 5.60 Å². The molecule has 1 aromatic carbocycles. The minimum Gasteiger partial charge on any atom is -0.390 e. The SMILES string of the molecule is Cc1nc(I)cc(-n2ncc3cc(C)c([C@H]4CC[C@](C)(O)CC4)cc32)n1. The molecule has 1 N–H and O–H groups in total. The van der Waals surface area contributed by atoms with Crippen LogP contribution in [-0.4, -0.2) is 30.5 Å². The molecule has 0 saturated heterocycles. The molecule has 0 radical (unpaired) electrons. The molecule has 6 heteroatoms. The van der Waals surface area contributed by atoms with Crippen LogP contribution in [-0.2, 0) is 0 Å². The van der Waals surface area contributed by atoms with Crippen molar-refractivity contribution in [3.8, 4) is 5.82 Å². The van der Waals surface area contributed by atoms with E-state index in [0.717, 1.165) is 51.9 Å². The number of hydrogen-bond donors (Lipinski definition) is 1. The lowest BCUT2D eigenvalue weighted by Gasteiger charge is -2.33. The molecule has 0 atom stereocenters. The quantitative estimate of drug-likeness (QED) is 0.452. The van der Waals surface area contributed by atoms with Crippen LogP contribution < -0.4 is 0 Å². The second kappa shape index (κ2) is 6.56. The van der Waals surface area contributed by atoms with Crippen molar-refractivity contribution in [3.63, 3.8) is 0 Å². The molecule has 2 heterocycles. The standard InChI is InChI=1S/C20H23IN4O/c1-12-8-15-11-22-25(19-10-18(21)23-13(2)24-19)17(15)9-16(12)14-4-6-20(3,26)7-5-14/h8-11,14,26H,4-7H2,1-3H3/t14-,20-. The van der Waals surface area contributed by atoms with Gasteiger partial charge in [-0.25, -0.2) is 14.6 Å². The van der Waals surface area contributed by atoms with E-state index in [4.69, 9.17) is 0 Å². The number of aliphatic hydroxyl groups is 1. The summed E-state index contributed by atoms with van der Waals surface area (Å²) in [6, 6.07) is 6.45. The molecule has 4 rings (SSSR count). The van der Waals surface area contributed by atoms with Crippen LogP contribution in [0.4, 0.5) is 0 Å². The van der Waals surface area contributed by atoms with Crippen LogP contribution in [0.1, 0.15) is 55.5 Å². The maximum atomic E-state index is 10.3. The lowest BCUT2D eigenvalue weighted by molar-refractivity contribution is 0.0171. The van der Waals surface area contributed by atoms with E-state index in [1.54, 1.807) is 0 Å². The first-order valence-electron chi connectivity index (χ1n) is 9.05. The van der Waals surface area contributed by atoms with Gasteiger partial charge in [-0.05, 0) is 98.2 Å². The number of fused-ring (bicyclic) bond motifs is 1. The van der Waals surface area contributed by atoms with Crippen LogP contribution in [0.2, 0.25) is 0 Å². The van der Waals surface area contributed by atoms with E-state index in [0.29, 0.717) is 5.92 Å². The van der Waals surface area contributed by atoms with Gasteiger partial charge in [-0.1, -0.05) is 0 Å². The Morgan fingerprint density at radius 1 is 1.15 bits per heavy atom. The number of hydrogen-bond acceptors (Lipinski definition) is 4. The van der Waals surface area contributed by atoms with Crippen LogP contribution in [0.3, 0.4) is 0 Å². The average molecular weight is 462 g/mol. The van der Waals surface area contributed by atoms with Gasteiger partial charge in [0.05, 0.1) is 17.3 Å². The first-order valence-corrected chi connectivity index (χ1v) is 10.1. The number of nitrogens with zero attached hydrogens (tertiary/aromatic N) is 4. The highest BCUT2D eigenvalue weighted by atomic mass is 127. The predicted octanol–water partition coefficient (Wildman–Crippen LogP) is 4.45. The van der Waals surface area contributed by atoms with Gasteiger partial charge in [-0.2, -0.15) is 5.10 Å². The fraction of sp³-hybridized carbons (Fsp3) is 0.450. The van der Waals surface area contributed by atoms with Gasteiger partial charge in [0.25, 0.3) is 0 Å². The minimum absolute atomic E-state index is 0.496. The molecule has 1 aliphatic rings. The van der Waals surface area contributed by atoms with E-state index >= 15 is 0 Å². The Bertz CT molecular complexity index is 949. The first kappa shape index (κ1) is 17.9. The van der Waals surface area contributed by atoms with Gasteiger partial charge in [0.1, 0.15) is 9.53 Å². The predicted molar refractivity (Wildman–Crippen MR) is 111 cm³/mol. The Hall–Kier alpha value is -1.54. The van der Waals surface area contributed by atoms with E-state index in [1.165, 1.54) is 11.1 Å². The molecule has 1 saturated carbocycles. The molecule has 26 heavy (non-hydrogen) atoms. The largest absolute Gasteiger partial charge is 0.390 e. The van der Waals surface area contributed by atoms with Crippen LogP contribution in [0.15, 0.2) is 24.4 Å². The zero-order valence-corrected chi connectivity index (χ0v) is 17.5. The van der Waals surface area contributed by atoms with Crippen LogP contribution in [0, 0.1) is 17.5 Å². The molecule has 136 valence electrons. The van der Waals surface area contributed by atoms with Gasteiger partial charge >= 0.3 is 0 Å². The summed E-state index contributed by atoms with van der Waals surface area (Å²) in [7, 11) is 0. The normalized spacial score (nSPS) is 23.5.